The predicted molar refractivity (Wildman–Crippen MR) is 64.3 cm³/mol. The average molecular weight is 261 g/mol. The van der Waals surface area contributed by atoms with Crippen molar-refractivity contribution in [1.82, 2.24) is 8.61 Å². The predicted octanol–water partition coefficient (Wildman–Crippen LogP) is 0.721. The molecule has 1 fully saturated rings. The fourth-order valence-electron chi connectivity index (χ4n) is 2.04. The normalized spacial score (nSPS) is 22.4. The Labute approximate surface area is 102 Å². The zero-order chi connectivity index (χ0) is 12.9. The lowest BCUT2D eigenvalue weighted by Crippen LogP contribution is -2.49. The highest BCUT2D eigenvalue weighted by atomic mass is 32.2. The summed E-state index contributed by atoms with van der Waals surface area (Å²) in [6, 6.07) is 0. The minimum absolute atomic E-state index is 0.423. The van der Waals surface area contributed by atoms with E-state index in [2.05, 4.69) is 4.99 Å². The lowest BCUT2D eigenvalue weighted by molar-refractivity contribution is 0.239. The molecule has 0 saturated carbocycles. The van der Waals surface area contributed by atoms with E-state index in [0.29, 0.717) is 26.1 Å². The van der Waals surface area contributed by atoms with E-state index < -0.39 is 16.4 Å². The van der Waals surface area contributed by atoms with Gasteiger partial charge < -0.3 is 0 Å². The summed E-state index contributed by atoms with van der Waals surface area (Å²) >= 11 is 0. The molecule has 7 heteroatoms. The number of piperidine rings is 1. The standard InChI is InChI=1S/C10H19N3O3S/c1-3-12(4-2)17(15,16)13-8-6-5-7-10(13)11-9-14/h10H,3-8H2,1-2H3. The first-order valence-corrected chi connectivity index (χ1v) is 7.31. The molecule has 0 aromatic rings. The van der Waals surface area contributed by atoms with Crippen molar-refractivity contribution in [3.8, 4) is 0 Å². The Balaban J connectivity index is 2.97. The van der Waals surface area contributed by atoms with E-state index in [-0.39, 0.29) is 0 Å². The van der Waals surface area contributed by atoms with E-state index in [4.69, 9.17) is 0 Å². The maximum absolute atomic E-state index is 12.3. The van der Waals surface area contributed by atoms with Crippen LogP contribution in [-0.2, 0) is 15.0 Å². The van der Waals surface area contributed by atoms with Crippen LogP contribution >= 0.6 is 0 Å². The molecular formula is C10H19N3O3S. The third-order valence-electron chi connectivity index (χ3n) is 2.95. The lowest BCUT2D eigenvalue weighted by atomic mass is 10.1. The summed E-state index contributed by atoms with van der Waals surface area (Å²) in [6.45, 7) is 4.86. The monoisotopic (exact) mass is 261 g/mol. The molecule has 1 rings (SSSR count). The number of hydrogen-bond acceptors (Lipinski definition) is 4. The third kappa shape index (κ3) is 3.13. The van der Waals surface area contributed by atoms with Gasteiger partial charge in [0.2, 0.25) is 6.08 Å². The molecule has 6 nitrogen and oxygen atoms in total. The molecular weight excluding hydrogens is 242 g/mol. The molecule has 0 spiro atoms. The first-order valence-electron chi connectivity index (χ1n) is 5.91. The molecule has 0 aromatic heterocycles. The van der Waals surface area contributed by atoms with Gasteiger partial charge >= 0.3 is 0 Å². The molecule has 0 N–H and O–H groups in total. The summed E-state index contributed by atoms with van der Waals surface area (Å²) in [4.78, 5) is 13.9. The van der Waals surface area contributed by atoms with Gasteiger partial charge in [-0.15, -0.1) is 0 Å². The van der Waals surface area contributed by atoms with Crippen molar-refractivity contribution in [2.24, 2.45) is 4.99 Å². The largest absolute Gasteiger partial charge is 0.283 e. The van der Waals surface area contributed by atoms with Crippen molar-refractivity contribution in [3.05, 3.63) is 0 Å². The smallest absolute Gasteiger partial charge is 0.211 e. The van der Waals surface area contributed by atoms with Gasteiger partial charge in [-0.2, -0.15) is 22.0 Å². The summed E-state index contributed by atoms with van der Waals surface area (Å²) in [5.41, 5.74) is 0. The molecule has 0 radical (unpaired) electrons. The SMILES string of the molecule is CCN(CC)S(=O)(=O)N1CCCCC1N=C=O. The van der Waals surface area contributed by atoms with Crippen LogP contribution in [0.2, 0.25) is 0 Å². The molecule has 0 amide bonds. The lowest BCUT2D eigenvalue weighted by Gasteiger charge is -2.34. The number of isocyanates is 1. The highest BCUT2D eigenvalue weighted by Gasteiger charge is 2.35. The summed E-state index contributed by atoms with van der Waals surface area (Å²) in [6.07, 6.45) is 3.18. The Kier molecular flexibility index (Phi) is 5.27. The van der Waals surface area contributed by atoms with Crippen LogP contribution in [0.5, 0.6) is 0 Å². The van der Waals surface area contributed by atoms with Crippen LogP contribution in [-0.4, -0.2) is 48.9 Å². The number of nitrogens with zero attached hydrogens (tertiary/aromatic N) is 3. The van der Waals surface area contributed by atoms with Gasteiger partial charge in [-0.3, -0.25) is 0 Å². The number of hydrogen-bond donors (Lipinski definition) is 0. The highest BCUT2D eigenvalue weighted by molar-refractivity contribution is 7.86. The van der Waals surface area contributed by atoms with Crippen LogP contribution in [0.25, 0.3) is 0 Å². The van der Waals surface area contributed by atoms with Crippen LogP contribution in [0.15, 0.2) is 4.99 Å². The minimum Gasteiger partial charge on any atom is -0.211 e. The van der Waals surface area contributed by atoms with Gasteiger partial charge in [0.05, 0.1) is 0 Å². The zero-order valence-corrected chi connectivity index (χ0v) is 11.1. The van der Waals surface area contributed by atoms with Crippen molar-refractivity contribution in [3.63, 3.8) is 0 Å². The zero-order valence-electron chi connectivity index (χ0n) is 10.3. The molecule has 0 aromatic carbocycles. The maximum atomic E-state index is 12.3. The fraction of sp³-hybridized carbons (Fsp3) is 0.900. The van der Waals surface area contributed by atoms with E-state index in [1.54, 1.807) is 13.8 Å². The second-order valence-corrected chi connectivity index (χ2v) is 5.78. The minimum atomic E-state index is -3.50. The van der Waals surface area contributed by atoms with E-state index in [1.165, 1.54) is 14.7 Å². The van der Waals surface area contributed by atoms with Gasteiger partial charge in [0.1, 0.15) is 6.17 Å². The molecule has 1 aliphatic rings. The fourth-order valence-corrected chi connectivity index (χ4v) is 3.81. The van der Waals surface area contributed by atoms with Crippen LogP contribution in [0, 0.1) is 0 Å². The van der Waals surface area contributed by atoms with Gasteiger partial charge in [-0.25, -0.2) is 4.79 Å². The van der Waals surface area contributed by atoms with E-state index in [9.17, 15) is 13.2 Å². The number of carbonyl (C=O) groups excluding carboxylic acids is 1. The summed E-state index contributed by atoms with van der Waals surface area (Å²) < 4.78 is 27.3. The van der Waals surface area contributed by atoms with Gasteiger partial charge in [-0.05, 0) is 19.3 Å². The van der Waals surface area contributed by atoms with Crippen molar-refractivity contribution < 1.29 is 13.2 Å². The molecule has 0 aliphatic carbocycles. The maximum Gasteiger partial charge on any atom is 0.283 e. The van der Waals surface area contributed by atoms with Gasteiger partial charge in [0.15, 0.2) is 0 Å². The Hall–Kier alpha value is -0.750. The van der Waals surface area contributed by atoms with Crippen LogP contribution in [0.3, 0.4) is 0 Å². The Morgan fingerprint density at radius 3 is 2.53 bits per heavy atom. The van der Waals surface area contributed by atoms with Crippen LogP contribution in [0.4, 0.5) is 0 Å². The van der Waals surface area contributed by atoms with Gasteiger partial charge in [-0.1, -0.05) is 13.8 Å². The molecule has 1 unspecified atom stereocenters. The first-order chi connectivity index (χ1) is 8.07. The average Bonchev–Trinajstić information content (AvgIpc) is 2.31. The van der Waals surface area contributed by atoms with E-state index in [1.807, 2.05) is 0 Å². The Morgan fingerprint density at radius 1 is 1.35 bits per heavy atom. The molecule has 1 saturated heterocycles. The number of rotatable bonds is 5. The van der Waals surface area contributed by atoms with E-state index in [0.717, 1.165) is 12.8 Å². The quantitative estimate of drug-likeness (QED) is 0.541. The van der Waals surface area contributed by atoms with E-state index >= 15 is 0 Å². The summed E-state index contributed by atoms with van der Waals surface area (Å²) in [5.74, 6) is 0. The summed E-state index contributed by atoms with van der Waals surface area (Å²) in [7, 11) is -3.50. The second kappa shape index (κ2) is 6.26. The third-order valence-corrected chi connectivity index (χ3v) is 5.14. The van der Waals surface area contributed by atoms with Crippen molar-refractivity contribution in [2.45, 2.75) is 39.3 Å². The van der Waals surface area contributed by atoms with Gasteiger partial charge in [0.25, 0.3) is 10.2 Å². The molecule has 98 valence electrons. The molecule has 1 atom stereocenters. The van der Waals surface area contributed by atoms with Crippen LogP contribution in [0.1, 0.15) is 33.1 Å². The topological polar surface area (TPSA) is 70.1 Å². The van der Waals surface area contributed by atoms with Crippen molar-refractivity contribution in [2.75, 3.05) is 19.6 Å². The molecule has 17 heavy (non-hydrogen) atoms. The van der Waals surface area contributed by atoms with Crippen molar-refractivity contribution >= 4 is 16.3 Å². The number of aliphatic imine (C=N–C) groups is 1. The first kappa shape index (κ1) is 14.3. The molecule has 1 heterocycles. The second-order valence-electron chi connectivity index (χ2n) is 3.90. The Bertz CT molecular complexity index is 386. The summed E-state index contributed by atoms with van der Waals surface area (Å²) in [5, 5.41) is 0. The molecule has 1 aliphatic heterocycles. The highest BCUT2D eigenvalue weighted by Crippen LogP contribution is 2.22. The van der Waals surface area contributed by atoms with Gasteiger partial charge in [0, 0.05) is 19.6 Å². The molecule has 0 bridgehead atoms. The van der Waals surface area contributed by atoms with Crippen molar-refractivity contribution in [1.29, 1.82) is 0 Å². The Morgan fingerprint density at radius 2 is 2.00 bits per heavy atom. The van der Waals surface area contributed by atoms with Crippen LogP contribution < -0.4 is 0 Å².